The van der Waals surface area contributed by atoms with Gasteiger partial charge >= 0.3 is 0 Å². The number of piperazine rings is 1. The minimum Gasteiger partial charge on any atom is -0.496 e. The lowest BCUT2D eigenvalue weighted by Gasteiger charge is -2.33. The van der Waals surface area contributed by atoms with Crippen LogP contribution < -0.4 is 4.74 Å². The molecule has 7 heteroatoms. The van der Waals surface area contributed by atoms with Gasteiger partial charge in [0.15, 0.2) is 0 Å². The van der Waals surface area contributed by atoms with Gasteiger partial charge in [-0.2, -0.15) is 4.31 Å². The van der Waals surface area contributed by atoms with Gasteiger partial charge in [0, 0.05) is 26.2 Å². The van der Waals surface area contributed by atoms with Gasteiger partial charge in [-0.25, -0.2) is 8.42 Å². The Morgan fingerprint density at radius 3 is 2.17 bits per heavy atom. The topological polar surface area (TPSA) is 66.9 Å². The first-order valence-electron chi connectivity index (χ1n) is 7.97. The van der Waals surface area contributed by atoms with E-state index in [1.54, 1.807) is 12.0 Å². The number of sulfonamides is 1. The molecule has 0 saturated carbocycles. The highest BCUT2D eigenvalue weighted by Crippen LogP contribution is 2.29. The number of hydrogen-bond acceptors (Lipinski definition) is 4. The van der Waals surface area contributed by atoms with Gasteiger partial charge < -0.3 is 9.64 Å². The number of methoxy groups -OCH3 is 1. The molecule has 0 aliphatic carbocycles. The van der Waals surface area contributed by atoms with Crippen LogP contribution in [0.1, 0.15) is 36.7 Å². The van der Waals surface area contributed by atoms with Crippen LogP contribution in [0.15, 0.2) is 18.2 Å². The molecular formula is C17H26N2O4S. The van der Waals surface area contributed by atoms with Crippen molar-refractivity contribution in [2.45, 2.75) is 26.2 Å². The maximum Gasteiger partial charge on any atom is 0.257 e. The molecule has 1 heterocycles. The van der Waals surface area contributed by atoms with Crippen molar-refractivity contribution in [1.29, 1.82) is 0 Å². The molecule has 0 radical (unpaired) electrons. The molecule has 2 rings (SSSR count). The van der Waals surface area contributed by atoms with Gasteiger partial charge in [0.05, 0.1) is 18.9 Å². The molecule has 0 aromatic heterocycles. The summed E-state index contributed by atoms with van der Waals surface area (Å²) < 4.78 is 29.9. The first-order valence-corrected chi connectivity index (χ1v) is 9.82. The summed E-state index contributed by atoms with van der Waals surface area (Å²) in [5, 5.41) is 0. The van der Waals surface area contributed by atoms with Crippen LogP contribution in [0.3, 0.4) is 0 Å². The minimum absolute atomic E-state index is 0.0731. The summed E-state index contributed by atoms with van der Waals surface area (Å²) in [5.74, 6) is 0.421. The fourth-order valence-electron chi connectivity index (χ4n) is 2.73. The number of nitrogens with zero attached hydrogens (tertiary/aromatic N) is 2. The average molecular weight is 354 g/mol. The molecular weight excluding hydrogens is 328 g/mol. The number of benzene rings is 1. The summed E-state index contributed by atoms with van der Waals surface area (Å²) >= 11 is 0. The molecule has 0 spiro atoms. The number of rotatable bonds is 3. The lowest BCUT2D eigenvalue weighted by Crippen LogP contribution is -2.50. The van der Waals surface area contributed by atoms with E-state index in [0.29, 0.717) is 37.5 Å². The van der Waals surface area contributed by atoms with E-state index in [9.17, 15) is 13.2 Å². The van der Waals surface area contributed by atoms with Crippen LogP contribution >= 0.6 is 0 Å². The van der Waals surface area contributed by atoms with Gasteiger partial charge in [-0.05, 0) is 23.1 Å². The van der Waals surface area contributed by atoms with Gasteiger partial charge in [0.2, 0.25) is 10.0 Å². The molecule has 0 unspecified atom stereocenters. The van der Waals surface area contributed by atoms with Crippen molar-refractivity contribution < 1.29 is 17.9 Å². The maximum absolute atomic E-state index is 12.9. The zero-order valence-corrected chi connectivity index (χ0v) is 15.8. The van der Waals surface area contributed by atoms with Gasteiger partial charge in [-0.15, -0.1) is 0 Å². The zero-order valence-electron chi connectivity index (χ0n) is 15.0. The Labute approximate surface area is 144 Å². The molecule has 1 aromatic carbocycles. The van der Waals surface area contributed by atoms with Crippen LogP contribution in [0.2, 0.25) is 0 Å². The predicted molar refractivity (Wildman–Crippen MR) is 94.0 cm³/mol. The number of hydrogen-bond donors (Lipinski definition) is 0. The molecule has 24 heavy (non-hydrogen) atoms. The Bertz CT molecular complexity index is 715. The first kappa shape index (κ1) is 18.7. The third-order valence-corrected chi connectivity index (χ3v) is 5.59. The third-order valence-electron chi connectivity index (χ3n) is 4.29. The van der Waals surface area contributed by atoms with E-state index in [1.807, 2.05) is 18.2 Å². The minimum atomic E-state index is -3.21. The van der Waals surface area contributed by atoms with Crippen LogP contribution in [-0.2, 0) is 15.4 Å². The Hall–Kier alpha value is -1.60. The average Bonchev–Trinajstić information content (AvgIpc) is 2.52. The molecule has 1 amide bonds. The fraction of sp³-hybridized carbons (Fsp3) is 0.588. The Morgan fingerprint density at radius 1 is 1.12 bits per heavy atom. The summed E-state index contributed by atoms with van der Waals surface area (Å²) in [6.07, 6.45) is 1.19. The van der Waals surface area contributed by atoms with Crippen LogP contribution in [0, 0.1) is 0 Å². The Kier molecular flexibility index (Phi) is 5.25. The second-order valence-electron chi connectivity index (χ2n) is 7.12. The molecule has 6 nitrogen and oxygen atoms in total. The summed E-state index contributed by atoms with van der Waals surface area (Å²) in [5.41, 5.74) is 1.51. The van der Waals surface area contributed by atoms with E-state index in [1.165, 1.54) is 10.6 Å². The molecule has 1 saturated heterocycles. The van der Waals surface area contributed by atoms with Crippen LogP contribution in [-0.4, -0.2) is 63.1 Å². The second-order valence-corrected chi connectivity index (χ2v) is 9.10. The maximum atomic E-state index is 12.9. The zero-order chi connectivity index (χ0) is 18.1. The van der Waals surface area contributed by atoms with E-state index in [4.69, 9.17) is 4.74 Å². The van der Waals surface area contributed by atoms with Gasteiger partial charge in [0.25, 0.3) is 5.91 Å². The van der Waals surface area contributed by atoms with Crippen molar-refractivity contribution in [2.24, 2.45) is 0 Å². The van der Waals surface area contributed by atoms with E-state index in [2.05, 4.69) is 20.8 Å². The number of carbonyl (C=O) groups is 1. The summed E-state index contributed by atoms with van der Waals surface area (Å²) in [7, 11) is -1.66. The van der Waals surface area contributed by atoms with Crippen molar-refractivity contribution >= 4 is 15.9 Å². The summed E-state index contributed by atoms with van der Waals surface area (Å²) in [6, 6.07) is 5.67. The molecule has 1 aliphatic rings. The summed E-state index contributed by atoms with van der Waals surface area (Å²) in [4.78, 5) is 14.6. The highest BCUT2D eigenvalue weighted by molar-refractivity contribution is 7.88. The standard InChI is InChI=1S/C17H26N2O4S/c1-17(2,3)13-6-7-15(23-4)14(12-13)16(20)18-8-10-19(11-9-18)24(5,21)22/h6-7,12H,8-11H2,1-5H3. The molecule has 1 fully saturated rings. The SMILES string of the molecule is COc1ccc(C(C)(C)C)cc1C(=O)N1CCN(S(C)(=O)=O)CC1. The van der Waals surface area contributed by atoms with Gasteiger partial charge in [-0.3, -0.25) is 4.79 Å². The third kappa shape index (κ3) is 4.08. The number of ether oxygens (including phenoxy) is 1. The van der Waals surface area contributed by atoms with E-state index in [0.717, 1.165) is 5.56 Å². The molecule has 1 aliphatic heterocycles. The van der Waals surface area contributed by atoms with Gasteiger partial charge in [0.1, 0.15) is 5.75 Å². The van der Waals surface area contributed by atoms with Crippen LogP contribution in [0.5, 0.6) is 5.75 Å². The second kappa shape index (κ2) is 6.72. The van der Waals surface area contributed by atoms with Crippen molar-refractivity contribution in [3.63, 3.8) is 0 Å². The molecule has 1 aromatic rings. The molecule has 0 atom stereocenters. The monoisotopic (exact) mass is 354 g/mol. The fourth-order valence-corrected chi connectivity index (χ4v) is 3.56. The smallest absolute Gasteiger partial charge is 0.257 e. The highest BCUT2D eigenvalue weighted by atomic mass is 32.2. The molecule has 0 bridgehead atoms. The normalized spacial score (nSPS) is 17.0. The first-order chi connectivity index (χ1) is 11.0. The molecule has 134 valence electrons. The Balaban J connectivity index is 2.24. The van der Waals surface area contributed by atoms with Crippen molar-refractivity contribution in [1.82, 2.24) is 9.21 Å². The lowest BCUT2D eigenvalue weighted by atomic mass is 9.86. The van der Waals surface area contributed by atoms with E-state index < -0.39 is 10.0 Å². The van der Waals surface area contributed by atoms with Gasteiger partial charge in [-0.1, -0.05) is 26.8 Å². The predicted octanol–water partition coefficient (Wildman–Crippen LogP) is 1.71. The summed E-state index contributed by atoms with van der Waals surface area (Å²) in [6.45, 7) is 7.69. The van der Waals surface area contributed by atoms with Crippen LogP contribution in [0.25, 0.3) is 0 Å². The number of amides is 1. The van der Waals surface area contributed by atoms with Crippen molar-refractivity contribution in [3.05, 3.63) is 29.3 Å². The number of carbonyl (C=O) groups excluding carboxylic acids is 1. The lowest BCUT2D eigenvalue weighted by molar-refractivity contribution is 0.0694. The van der Waals surface area contributed by atoms with Crippen LogP contribution in [0.4, 0.5) is 0 Å². The van der Waals surface area contributed by atoms with E-state index in [-0.39, 0.29) is 11.3 Å². The Morgan fingerprint density at radius 2 is 1.71 bits per heavy atom. The van der Waals surface area contributed by atoms with E-state index >= 15 is 0 Å². The largest absolute Gasteiger partial charge is 0.496 e. The highest BCUT2D eigenvalue weighted by Gasteiger charge is 2.28. The van der Waals surface area contributed by atoms with Crippen molar-refractivity contribution in [2.75, 3.05) is 39.5 Å². The van der Waals surface area contributed by atoms with Crippen molar-refractivity contribution in [3.8, 4) is 5.75 Å². The molecule has 0 N–H and O–H groups in total. The quantitative estimate of drug-likeness (QED) is 0.829.